The van der Waals surface area contributed by atoms with Crippen LogP contribution < -0.4 is 29.6 Å². The summed E-state index contributed by atoms with van der Waals surface area (Å²) >= 11 is 1.23. The molecule has 2 amide bonds. The predicted octanol–water partition coefficient (Wildman–Crippen LogP) is 4.38. The van der Waals surface area contributed by atoms with Crippen molar-refractivity contribution in [2.45, 2.75) is 32.7 Å². The normalized spacial score (nSPS) is 11.8. The summed E-state index contributed by atoms with van der Waals surface area (Å²) in [5.41, 5.74) is 1.57. The Hall–Kier alpha value is -3.84. The Morgan fingerprint density at radius 3 is 2.40 bits per heavy atom. The molecular weight excluding hydrogens is 549 g/mol. The summed E-state index contributed by atoms with van der Waals surface area (Å²) < 4.78 is 54.1. The van der Waals surface area contributed by atoms with Gasteiger partial charge < -0.3 is 29.4 Å². The monoisotopic (exact) mass is 580 g/mol. The zero-order chi connectivity index (χ0) is 29.1. The average Bonchev–Trinajstić information content (AvgIpc) is 3.31. The third-order valence-electron chi connectivity index (χ3n) is 5.66. The number of methoxy groups -OCH3 is 2. The van der Waals surface area contributed by atoms with E-state index in [1.165, 1.54) is 49.8 Å². The van der Waals surface area contributed by atoms with Crippen molar-refractivity contribution in [2.75, 3.05) is 33.9 Å². The van der Waals surface area contributed by atoms with Gasteiger partial charge in [-0.05, 0) is 61.9 Å². The molecule has 3 rings (SSSR count). The van der Waals surface area contributed by atoms with E-state index in [1.54, 1.807) is 23.6 Å². The minimum atomic E-state index is -4.79. The number of thiazole rings is 1. The van der Waals surface area contributed by atoms with Crippen LogP contribution in [0.25, 0.3) is 11.3 Å². The van der Waals surface area contributed by atoms with Gasteiger partial charge >= 0.3 is 6.36 Å². The minimum Gasteiger partial charge on any atom is -0.497 e. The molecule has 0 atom stereocenters. The number of carbonyl (C=O) groups excluding carboxylic acids is 2. The Morgan fingerprint density at radius 1 is 1.02 bits per heavy atom. The molecule has 0 radical (unpaired) electrons. The van der Waals surface area contributed by atoms with Crippen LogP contribution in [0, 0.1) is 0 Å². The van der Waals surface area contributed by atoms with Crippen LogP contribution in [0.4, 0.5) is 13.2 Å². The highest BCUT2D eigenvalue weighted by molar-refractivity contribution is 7.07. The Kier molecular flexibility index (Phi) is 11.1. The number of hydrogen-bond acceptors (Lipinski definition) is 7. The lowest BCUT2D eigenvalue weighted by Crippen LogP contribution is -2.28. The quantitative estimate of drug-likeness (QED) is 0.291. The van der Waals surface area contributed by atoms with Crippen molar-refractivity contribution in [2.24, 2.45) is 4.99 Å². The van der Waals surface area contributed by atoms with Gasteiger partial charge in [0.1, 0.15) is 17.2 Å². The zero-order valence-corrected chi connectivity index (χ0v) is 23.2. The van der Waals surface area contributed by atoms with Gasteiger partial charge in [0, 0.05) is 37.5 Å². The van der Waals surface area contributed by atoms with Crippen LogP contribution in [0.3, 0.4) is 0 Å². The molecule has 0 fully saturated rings. The van der Waals surface area contributed by atoms with Gasteiger partial charge in [0.15, 0.2) is 4.80 Å². The van der Waals surface area contributed by atoms with E-state index in [1.807, 2.05) is 11.5 Å². The van der Waals surface area contributed by atoms with E-state index in [4.69, 9.17) is 9.47 Å². The van der Waals surface area contributed by atoms with Crippen LogP contribution >= 0.6 is 11.3 Å². The van der Waals surface area contributed by atoms with E-state index in [-0.39, 0.29) is 17.2 Å². The Morgan fingerprint density at radius 2 is 1.75 bits per heavy atom. The van der Waals surface area contributed by atoms with E-state index in [0.717, 1.165) is 0 Å². The predicted molar refractivity (Wildman–Crippen MR) is 145 cm³/mol. The second-order valence-electron chi connectivity index (χ2n) is 8.42. The number of alkyl halides is 3. The zero-order valence-electron chi connectivity index (χ0n) is 22.3. The van der Waals surface area contributed by atoms with Gasteiger partial charge in [0.25, 0.3) is 5.91 Å². The highest BCUT2D eigenvalue weighted by Gasteiger charge is 2.31. The van der Waals surface area contributed by atoms with Crippen molar-refractivity contribution in [3.63, 3.8) is 0 Å². The summed E-state index contributed by atoms with van der Waals surface area (Å²) in [6.45, 7) is 4.00. The molecule has 0 aliphatic heterocycles. The lowest BCUT2D eigenvalue weighted by atomic mass is 10.1. The fourth-order valence-corrected chi connectivity index (χ4v) is 4.72. The van der Waals surface area contributed by atoms with Gasteiger partial charge in [-0.2, -0.15) is 4.99 Å². The van der Waals surface area contributed by atoms with Gasteiger partial charge in [0.2, 0.25) is 5.91 Å². The molecule has 13 heteroatoms. The SMILES string of the molecule is CCNC(=O)CCNCCCn1c(-c2ccc(OC(F)(F)F)cc2)cs/c1=N\C(=O)c1ccc(OC)cc1OC. The van der Waals surface area contributed by atoms with Crippen LogP contribution in [0.5, 0.6) is 17.2 Å². The molecule has 1 heterocycles. The van der Waals surface area contributed by atoms with Gasteiger partial charge in [-0.25, -0.2) is 0 Å². The van der Waals surface area contributed by atoms with Crippen LogP contribution in [-0.4, -0.2) is 56.6 Å². The van der Waals surface area contributed by atoms with E-state index in [2.05, 4.69) is 20.4 Å². The Balaban J connectivity index is 1.86. The number of hydrogen-bond donors (Lipinski definition) is 2. The number of benzene rings is 2. The first-order valence-corrected chi connectivity index (χ1v) is 13.4. The number of ether oxygens (including phenoxy) is 3. The molecule has 0 bridgehead atoms. The Bertz CT molecular complexity index is 1350. The number of halogens is 3. The number of amides is 2. The molecule has 0 aliphatic carbocycles. The van der Waals surface area contributed by atoms with E-state index in [9.17, 15) is 22.8 Å². The molecule has 2 aromatic carbocycles. The Labute approximate surface area is 233 Å². The lowest BCUT2D eigenvalue weighted by molar-refractivity contribution is -0.274. The molecule has 40 heavy (non-hydrogen) atoms. The standard InChI is InChI=1S/C27H31F3N4O5S/c1-4-32-24(35)12-14-31-13-5-15-34-22(18-6-8-19(9-7-18)39-27(28,29)30)17-40-26(34)33-25(36)21-11-10-20(37-2)16-23(21)38-3/h6-11,16-17,31H,4-5,12-15H2,1-3H3,(H,32,35)/b33-26-. The first-order chi connectivity index (χ1) is 19.1. The molecule has 2 N–H and O–H groups in total. The summed E-state index contributed by atoms with van der Waals surface area (Å²) in [6.07, 6.45) is -3.79. The van der Waals surface area contributed by atoms with Crippen LogP contribution in [0.15, 0.2) is 52.8 Å². The minimum absolute atomic E-state index is 0.0315. The fourth-order valence-electron chi connectivity index (χ4n) is 3.79. The summed E-state index contributed by atoms with van der Waals surface area (Å²) in [5.74, 6) is -0.0415. The molecule has 0 aliphatic rings. The maximum absolute atomic E-state index is 13.1. The topological polar surface area (TPSA) is 103 Å². The highest BCUT2D eigenvalue weighted by Crippen LogP contribution is 2.28. The first-order valence-electron chi connectivity index (χ1n) is 12.5. The van der Waals surface area contributed by atoms with Gasteiger partial charge in [-0.15, -0.1) is 24.5 Å². The van der Waals surface area contributed by atoms with Gasteiger partial charge in [-0.1, -0.05) is 0 Å². The van der Waals surface area contributed by atoms with Crippen molar-refractivity contribution in [3.05, 3.63) is 58.2 Å². The summed E-state index contributed by atoms with van der Waals surface area (Å²) in [4.78, 5) is 29.5. The maximum atomic E-state index is 13.1. The van der Waals surface area contributed by atoms with Crippen molar-refractivity contribution >= 4 is 23.2 Å². The second-order valence-corrected chi connectivity index (χ2v) is 9.25. The third-order valence-corrected chi connectivity index (χ3v) is 6.52. The number of carbonyl (C=O) groups is 2. The molecule has 3 aromatic rings. The van der Waals surface area contributed by atoms with Crippen molar-refractivity contribution in [3.8, 4) is 28.5 Å². The largest absolute Gasteiger partial charge is 0.573 e. The van der Waals surface area contributed by atoms with Crippen molar-refractivity contribution < 1.29 is 37.0 Å². The van der Waals surface area contributed by atoms with Crippen molar-refractivity contribution in [1.29, 1.82) is 0 Å². The third kappa shape index (κ3) is 8.85. The van der Waals surface area contributed by atoms with Gasteiger partial charge in [0.05, 0.1) is 25.5 Å². The maximum Gasteiger partial charge on any atom is 0.573 e. The number of nitrogens with one attached hydrogen (secondary N) is 2. The highest BCUT2D eigenvalue weighted by atomic mass is 32.1. The summed E-state index contributed by atoms with van der Waals surface area (Å²) in [5, 5.41) is 7.75. The molecule has 9 nitrogen and oxygen atoms in total. The molecule has 0 spiro atoms. The summed E-state index contributed by atoms with van der Waals surface area (Å²) in [7, 11) is 2.95. The molecule has 216 valence electrons. The first kappa shape index (κ1) is 30.7. The van der Waals surface area contributed by atoms with E-state index < -0.39 is 12.3 Å². The number of aromatic nitrogens is 1. The van der Waals surface area contributed by atoms with Crippen molar-refractivity contribution in [1.82, 2.24) is 15.2 Å². The summed E-state index contributed by atoms with van der Waals surface area (Å²) in [6, 6.07) is 10.3. The molecule has 0 saturated heterocycles. The van der Waals surface area contributed by atoms with Crippen LogP contribution in [-0.2, 0) is 11.3 Å². The molecular formula is C27H31F3N4O5S. The number of nitrogens with zero attached hydrogens (tertiary/aromatic N) is 2. The molecule has 1 aromatic heterocycles. The lowest BCUT2D eigenvalue weighted by Gasteiger charge is -2.12. The molecule has 0 unspecified atom stereocenters. The molecule has 0 saturated carbocycles. The smallest absolute Gasteiger partial charge is 0.497 e. The van der Waals surface area contributed by atoms with Crippen LogP contribution in [0.2, 0.25) is 0 Å². The average molecular weight is 581 g/mol. The fraction of sp³-hybridized carbons (Fsp3) is 0.370. The van der Waals surface area contributed by atoms with E-state index in [0.29, 0.717) is 66.6 Å². The van der Waals surface area contributed by atoms with Gasteiger partial charge in [-0.3, -0.25) is 9.59 Å². The van der Waals surface area contributed by atoms with Crippen LogP contribution in [0.1, 0.15) is 30.1 Å². The number of rotatable bonds is 13. The second kappa shape index (κ2) is 14.5. The van der Waals surface area contributed by atoms with E-state index >= 15 is 0 Å².